The first-order valence-electron chi connectivity index (χ1n) is 10.2. The van der Waals surface area contributed by atoms with Gasteiger partial charge in [0.1, 0.15) is 11.5 Å². The second kappa shape index (κ2) is 9.17. The predicted octanol–water partition coefficient (Wildman–Crippen LogP) is 2.61. The van der Waals surface area contributed by atoms with Crippen molar-refractivity contribution in [2.75, 3.05) is 45.8 Å². The van der Waals surface area contributed by atoms with Gasteiger partial charge in [0.25, 0.3) is 0 Å². The Labute approximate surface area is 166 Å². The Kier molecular flexibility index (Phi) is 6.19. The summed E-state index contributed by atoms with van der Waals surface area (Å²) < 4.78 is 6.03. The van der Waals surface area contributed by atoms with Crippen LogP contribution in [-0.2, 0) is 11.3 Å². The molecule has 0 saturated carbocycles. The lowest BCUT2D eigenvalue weighted by Gasteiger charge is -2.35. The van der Waals surface area contributed by atoms with E-state index in [2.05, 4.69) is 20.9 Å². The topological polar surface area (TPSA) is 48.9 Å². The fourth-order valence-electron chi connectivity index (χ4n) is 3.90. The lowest BCUT2D eigenvalue weighted by Crippen LogP contribution is -2.50. The lowest BCUT2D eigenvalue weighted by molar-refractivity contribution is -0.134. The Morgan fingerprint density at radius 3 is 2.46 bits per heavy atom. The predicted molar refractivity (Wildman–Crippen MR) is 108 cm³/mol. The van der Waals surface area contributed by atoms with Gasteiger partial charge in [-0.05, 0) is 44.1 Å². The number of carbonyl (C=O) groups excluding carboxylic acids is 1. The monoisotopic (exact) mass is 380 g/mol. The molecule has 2 fully saturated rings. The number of ether oxygens (including phenoxy) is 1. The van der Waals surface area contributed by atoms with Crippen LogP contribution in [0.2, 0.25) is 0 Å². The highest BCUT2D eigenvalue weighted by molar-refractivity contribution is 5.78. The molecule has 0 N–H and O–H groups in total. The van der Waals surface area contributed by atoms with Gasteiger partial charge in [-0.15, -0.1) is 0 Å². The van der Waals surface area contributed by atoms with E-state index in [-0.39, 0.29) is 5.91 Å². The first-order chi connectivity index (χ1) is 13.8. The summed E-state index contributed by atoms with van der Waals surface area (Å²) in [5, 5.41) is 0. The average molecular weight is 380 g/mol. The van der Waals surface area contributed by atoms with Gasteiger partial charge in [-0.3, -0.25) is 19.6 Å². The van der Waals surface area contributed by atoms with Gasteiger partial charge in [0.05, 0.1) is 12.7 Å². The molecule has 0 bridgehead atoms. The summed E-state index contributed by atoms with van der Waals surface area (Å²) in [5.41, 5.74) is 1.16. The average Bonchev–Trinajstić information content (AvgIpc) is 3.24. The van der Waals surface area contributed by atoms with Gasteiger partial charge in [0.2, 0.25) is 5.91 Å². The van der Waals surface area contributed by atoms with Crippen molar-refractivity contribution in [2.24, 2.45) is 0 Å². The molecule has 4 rings (SSSR count). The number of aromatic nitrogens is 1. The van der Waals surface area contributed by atoms with Crippen molar-refractivity contribution in [3.05, 3.63) is 54.4 Å². The zero-order valence-corrected chi connectivity index (χ0v) is 16.3. The van der Waals surface area contributed by atoms with Gasteiger partial charge in [-0.25, -0.2) is 0 Å². The first-order valence-corrected chi connectivity index (χ1v) is 10.2. The molecule has 1 aromatic heterocycles. The fraction of sp³-hybridized carbons (Fsp3) is 0.455. The second-order valence-corrected chi connectivity index (χ2v) is 7.54. The van der Waals surface area contributed by atoms with E-state index in [1.54, 1.807) is 12.4 Å². The summed E-state index contributed by atoms with van der Waals surface area (Å²) in [5.74, 6) is 1.89. The molecule has 0 atom stereocenters. The molecule has 2 aliphatic heterocycles. The minimum absolute atomic E-state index is 0.280. The number of amides is 1. The molecule has 0 aliphatic carbocycles. The van der Waals surface area contributed by atoms with Crippen LogP contribution in [0.25, 0.3) is 0 Å². The summed E-state index contributed by atoms with van der Waals surface area (Å²) in [7, 11) is 0. The third-order valence-electron chi connectivity index (χ3n) is 5.51. The van der Waals surface area contributed by atoms with Crippen molar-refractivity contribution >= 4 is 5.91 Å². The maximum Gasteiger partial charge on any atom is 0.236 e. The van der Waals surface area contributed by atoms with Gasteiger partial charge in [-0.2, -0.15) is 0 Å². The van der Waals surface area contributed by atoms with Crippen molar-refractivity contribution in [2.45, 2.75) is 19.4 Å². The number of benzene rings is 1. The highest BCUT2D eigenvalue weighted by Gasteiger charge is 2.24. The van der Waals surface area contributed by atoms with Crippen LogP contribution in [-0.4, -0.2) is 71.4 Å². The largest absolute Gasteiger partial charge is 0.455 e. The Morgan fingerprint density at radius 2 is 1.71 bits per heavy atom. The molecular weight excluding hydrogens is 352 g/mol. The molecular formula is C22H28N4O2. The van der Waals surface area contributed by atoms with Crippen LogP contribution in [0.4, 0.5) is 0 Å². The number of rotatable bonds is 6. The maximum atomic E-state index is 12.5. The zero-order chi connectivity index (χ0) is 19.2. The van der Waals surface area contributed by atoms with Crippen LogP contribution in [0.1, 0.15) is 18.4 Å². The van der Waals surface area contributed by atoms with Crippen molar-refractivity contribution in [3.8, 4) is 11.5 Å². The summed E-state index contributed by atoms with van der Waals surface area (Å²) in [6.07, 6.45) is 5.91. The van der Waals surface area contributed by atoms with Gasteiger partial charge < -0.3 is 9.64 Å². The van der Waals surface area contributed by atoms with E-state index in [4.69, 9.17) is 4.74 Å². The van der Waals surface area contributed by atoms with E-state index in [1.165, 1.54) is 12.8 Å². The van der Waals surface area contributed by atoms with Gasteiger partial charge in [-0.1, -0.05) is 18.2 Å². The number of nitrogens with zero attached hydrogens (tertiary/aromatic N) is 4. The first kappa shape index (κ1) is 18.9. The molecule has 0 unspecified atom stereocenters. The van der Waals surface area contributed by atoms with Gasteiger partial charge in [0.15, 0.2) is 0 Å². The third-order valence-corrected chi connectivity index (χ3v) is 5.51. The number of likely N-dealkylation sites (tertiary alicyclic amines) is 1. The standard InChI is InChI=1S/C22H28N4O2/c27-22(18-24-10-3-4-11-24)26-14-12-25(13-15-26)17-19-6-1-2-8-21(19)28-20-7-5-9-23-16-20/h1-2,5-9,16H,3-4,10-15,17-18H2. The number of pyridine rings is 1. The van der Waals surface area contributed by atoms with Crippen LogP contribution in [0.5, 0.6) is 11.5 Å². The molecule has 1 amide bonds. The van der Waals surface area contributed by atoms with E-state index >= 15 is 0 Å². The van der Waals surface area contributed by atoms with E-state index < -0.39 is 0 Å². The van der Waals surface area contributed by atoms with Crippen molar-refractivity contribution in [3.63, 3.8) is 0 Å². The minimum atomic E-state index is 0.280. The number of hydrogen-bond donors (Lipinski definition) is 0. The molecule has 148 valence electrons. The number of piperazine rings is 1. The summed E-state index contributed by atoms with van der Waals surface area (Å²) in [4.78, 5) is 23.3. The van der Waals surface area contributed by atoms with E-state index in [0.717, 1.165) is 62.9 Å². The second-order valence-electron chi connectivity index (χ2n) is 7.54. The molecule has 2 aliphatic rings. The van der Waals surface area contributed by atoms with Crippen LogP contribution in [0.15, 0.2) is 48.8 Å². The molecule has 0 radical (unpaired) electrons. The van der Waals surface area contributed by atoms with Crippen LogP contribution < -0.4 is 4.74 Å². The quantitative estimate of drug-likeness (QED) is 0.771. The molecule has 2 aromatic rings. The highest BCUT2D eigenvalue weighted by Crippen LogP contribution is 2.26. The molecule has 6 heteroatoms. The Morgan fingerprint density at radius 1 is 0.929 bits per heavy atom. The highest BCUT2D eigenvalue weighted by atomic mass is 16.5. The van der Waals surface area contributed by atoms with Crippen molar-refractivity contribution in [1.82, 2.24) is 19.7 Å². The fourth-order valence-corrected chi connectivity index (χ4v) is 3.90. The molecule has 0 spiro atoms. The number of para-hydroxylation sites is 1. The third kappa shape index (κ3) is 4.88. The van der Waals surface area contributed by atoms with Crippen molar-refractivity contribution in [1.29, 1.82) is 0 Å². The van der Waals surface area contributed by atoms with E-state index in [9.17, 15) is 4.79 Å². The van der Waals surface area contributed by atoms with E-state index in [1.807, 2.05) is 35.2 Å². The van der Waals surface area contributed by atoms with Crippen LogP contribution in [0, 0.1) is 0 Å². The SMILES string of the molecule is O=C(CN1CCCC1)N1CCN(Cc2ccccc2Oc2cccnc2)CC1. The normalized spacial score (nSPS) is 18.4. The Bertz CT molecular complexity index is 769. The lowest BCUT2D eigenvalue weighted by atomic mass is 10.1. The molecule has 3 heterocycles. The minimum Gasteiger partial charge on any atom is -0.455 e. The maximum absolute atomic E-state index is 12.5. The molecule has 28 heavy (non-hydrogen) atoms. The van der Waals surface area contributed by atoms with Crippen molar-refractivity contribution < 1.29 is 9.53 Å². The number of hydrogen-bond acceptors (Lipinski definition) is 5. The van der Waals surface area contributed by atoms with E-state index in [0.29, 0.717) is 6.54 Å². The molecule has 6 nitrogen and oxygen atoms in total. The smallest absolute Gasteiger partial charge is 0.236 e. The number of carbonyl (C=O) groups is 1. The molecule has 2 saturated heterocycles. The summed E-state index contributed by atoms with van der Waals surface area (Å²) in [6, 6.07) is 11.9. The Hall–Kier alpha value is -2.44. The van der Waals surface area contributed by atoms with Gasteiger partial charge >= 0.3 is 0 Å². The van der Waals surface area contributed by atoms with Gasteiger partial charge in [0, 0.05) is 44.5 Å². The van der Waals surface area contributed by atoms with Crippen LogP contribution >= 0.6 is 0 Å². The summed E-state index contributed by atoms with van der Waals surface area (Å²) in [6.45, 7) is 6.95. The van der Waals surface area contributed by atoms with Crippen LogP contribution in [0.3, 0.4) is 0 Å². The zero-order valence-electron chi connectivity index (χ0n) is 16.3. The molecule has 1 aromatic carbocycles. The Balaban J connectivity index is 1.30. The summed E-state index contributed by atoms with van der Waals surface area (Å²) >= 11 is 0.